The van der Waals surface area contributed by atoms with Gasteiger partial charge in [0.2, 0.25) is 0 Å². The Morgan fingerprint density at radius 3 is 2.77 bits per heavy atom. The molecule has 1 aliphatic rings. The van der Waals surface area contributed by atoms with E-state index in [1.807, 2.05) is 11.8 Å². The highest BCUT2D eigenvalue weighted by atomic mass is 16.2. The molecule has 1 aromatic rings. The van der Waals surface area contributed by atoms with E-state index in [0.717, 1.165) is 32.2 Å². The van der Waals surface area contributed by atoms with Gasteiger partial charge in [0, 0.05) is 31.5 Å². The van der Waals surface area contributed by atoms with Gasteiger partial charge in [0.05, 0.1) is 11.1 Å². The number of nitrogens with zero attached hydrogens (tertiary/aromatic N) is 2. The second kappa shape index (κ2) is 7.92. The highest BCUT2D eigenvalue weighted by Gasteiger charge is 2.26. The summed E-state index contributed by atoms with van der Waals surface area (Å²) in [4.78, 5) is 30.7. The monoisotopic (exact) mass is 303 g/mol. The van der Waals surface area contributed by atoms with Crippen molar-refractivity contribution in [2.45, 2.75) is 52.0 Å². The van der Waals surface area contributed by atoms with Gasteiger partial charge in [-0.25, -0.2) is 0 Å². The molecule has 0 radical (unpaired) electrons. The first-order chi connectivity index (χ1) is 10.7. The molecule has 2 amide bonds. The molecule has 1 aromatic heterocycles. The van der Waals surface area contributed by atoms with Crippen LogP contribution in [0.4, 0.5) is 0 Å². The molecule has 0 aliphatic carbocycles. The molecule has 120 valence electrons. The topological polar surface area (TPSA) is 62.3 Å². The number of hydrogen-bond donors (Lipinski definition) is 1. The number of likely N-dealkylation sites (tertiary alicyclic amines) is 1. The van der Waals surface area contributed by atoms with Gasteiger partial charge >= 0.3 is 0 Å². The van der Waals surface area contributed by atoms with Crippen LogP contribution in [0.5, 0.6) is 0 Å². The van der Waals surface area contributed by atoms with Crippen LogP contribution in [0.15, 0.2) is 18.5 Å². The molecule has 0 saturated carbocycles. The summed E-state index contributed by atoms with van der Waals surface area (Å²) in [6.07, 6.45) is 8.20. The van der Waals surface area contributed by atoms with Gasteiger partial charge in [-0.05, 0) is 38.2 Å². The first-order valence-corrected chi connectivity index (χ1v) is 8.21. The zero-order valence-corrected chi connectivity index (χ0v) is 13.5. The zero-order valence-electron chi connectivity index (χ0n) is 13.5. The first kappa shape index (κ1) is 16.5. The van der Waals surface area contributed by atoms with E-state index in [1.54, 1.807) is 12.3 Å². The standard InChI is InChI=1S/C17H25N3O2/c1-3-8-19-16(21)13-10-14(12-18-11-13)17(22)20-9-6-5-7-15(20)4-2/h10-12,15H,3-9H2,1-2H3,(H,19,21). The Bertz CT molecular complexity index is 530. The normalized spacial score (nSPS) is 18.1. The Labute approximate surface area is 132 Å². The fourth-order valence-electron chi connectivity index (χ4n) is 2.88. The highest BCUT2D eigenvalue weighted by molar-refractivity contribution is 5.99. The Morgan fingerprint density at radius 2 is 2.05 bits per heavy atom. The number of piperidine rings is 1. The molecule has 1 unspecified atom stereocenters. The van der Waals surface area contributed by atoms with Crippen molar-refractivity contribution in [2.75, 3.05) is 13.1 Å². The Kier molecular flexibility index (Phi) is 5.92. The predicted molar refractivity (Wildman–Crippen MR) is 85.8 cm³/mol. The molecule has 1 aliphatic heterocycles. The molecule has 0 spiro atoms. The minimum atomic E-state index is -0.172. The molecule has 1 fully saturated rings. The summed E-state index contributed by atoms with van der Waals surface area (Å²) in [5.74, 6) is -0.182. The number of rotatable bonds is 5. The van der Waals surface area contributed by atoms with E-state index >= 15 is 0 Å². The highest BCUT2D eigenvalue weighted by Crippen LogP contribution is 2.21. The molecule has 0 bridgehead atoms. The summed E-state index contributed by atoms with van der Waals surface area (Å²) < 4.78 is 0. The SMILES string of the molecule is CCCNC(=O)c1cncc(C(=O)N2CCCCC2CC)c1. The first-order valence-electron chi connectivity index (χ1n) is 8.21. The second-order valence-corrected chi connectivity index (χ2v) is 5.77. The lowest BCUT2D eigenvalue weighted by atomic mass is 9.99. The minimum absolute atomic E-state index is 0.0100. The fourth-order valence-corrected chi connectivity index (χ4v) is 2.88. The third-order valence-corrected chi connectivity index (χ3v) is 4.14. The number of nitrogens with one attached hydrogen (secondary N) is 1. The lowest BCUT2D eigenvalue weighted by molar-refractivity contribution is 0.0607. The van der Waals surface area contributed by atoms with Crippen LogP contribution >= 0.6 is 0 Å². The number of amides is 2. The van der Waals surface area contributed by atoms with Crippen molar-refractivity contribution < 1.29 is 9.59 Å². The summed E-state index contributed by atoms with van der Waals surface area (Å²) in [5.41, 5.74) is 0.953. The molecule has 2 rings (SSSR count). The second-order valence-electron chi connectivity index (χ2n) is 5.77. The van der Waals surface area contributed by atoms with Crippen molar-refractivity contribution in [2.24, 2.45) is 0 Å². The van der Waals surface area contributed by atoms with E-state index in [9.17, 15) is 9.59 Å². The maximum atomic E-state index is 12.7. The van der Waals surface area contributed by atoms with Gasteiger partial charge in [-0.3, -0.25) is 14.6 Å². The van der Waals surface area contributed by atoms with Crippen LogP contribution in [0.3, 0.4) is 0 Å². The minimum Gasteiger partial charge on any atom is -0.352 e. The van der Waals surface area contributed by atoms with Gasteiger partial charge in [-0.2, -0.15) is 0 Å². The quantitative estimate of drug-likeness (QED) is 0.909. The molecular formula is C17H25N3O2. The smallest absolute Gasteiger partial charge is 0.255 e. The molecule has 1 atom stereocenters. The maximum absolute atomic E-state index is 12.7. The van der Waals surface area contributed by atoms with Gasteiger partial charge in [-0.1, -0.05) is 13.8 Å². The number of pyridine rings is 1. The van der Waals surface area contributed by atoms with Crippen LogP contribution in [0, 0.1) is 0 Å². The van der Waals surface area contributed by atoms with E-state index in [2.05, 4.69) is 17.2 Å². The van der Waals surface area contributed by atoms with Gasteiger partial charge in [0.25, 0.3) is 11.8 Å². The lowest BCUT2D eigenvalue weighted by Gasteiger charge is -2.35. The molecule has 1 saturated heterocycles. The number of aromatic nitrogens is 1. The Balaban J connectivity index is 2.14. The van der Waals surface area contributed by atoms with E-state index in [1.165, 1.54) is 12.6 Å². The van der Waals surface area contributed by atoms with E-state index in [0.29, 0.717) is 23.7 Å². The van der Waals surface area contributed by atoms with Crippen LogP contribution in [0.1, 0.15) is 66.7 Å². The van der Waals surface area contributed by atoms with Crippen LogP contribution in [-0.2, 0) is 0 Å². The number of carbonyl (C=O) groups is 2. The molecule has 5 nitrogen and oxygen atoms in total. The van der Waals surface area contributed by atoms with Gasteiger partial charge < -0.3 is 10.2 Å². The molecule has 0 aromatic carbocycles. The number of hydrogen-bond acceptors (Lipinski definition) is 3. The van der Waals surface area contributed by atoms with E-state index < -0.39 is 0 Å². The van der Waals surface area contributed by atoms with Crippen LogP contribution < -0.4 is 5.32 Å². The van der Waals surface area contributed by atoms with Crippen LogP contribution in [0.2, 0.25) is 0 Å². The average molecular weight is 303 g/mol. The Morgan fingerprint density at radius 1 is 1.27 bits per heavy atom. The third-order valence-electron chi connectivity index (χ3n) is 4.14. The van der Waals surface area contributed by atoms with Crippen LogP contribution in [0.25, 0.3) is 0 Å². The third kappa shape index (κ3) is 3.84. The van der Waals surface area contributed by atoms with Gasteiger partial charge in [0.1, 0.15) is 0 Å². The van der Waals surface area contributed by atoms with Gasteiger partial charge in [-0.15, -0.1) is 0 Å². The fraction of sp³-hybridized carbons (Fsp3) is 0.588. The van der Waals surface area contributed by atoms with Crippen LogP contribution in [-0.4, -0.2) is 40.8 Å². The summed E-state index contributed by atoms with van der Waals surface area (Å²) >= 11 is 0. The summed E-state index contributed by atoms with van der Waals surface area (Å²) in [6.45, 7) is 5.54. The molecule has 5 heteroatoms. The molecular weight excluding hydrogens is 278 g/mol. The Hall–Kier alpha value is -1.91. The summed E-state index contributed by atoms with van der Waals surface area (Å²) in [5, 5.41) is 2.81. The van der Waals surface area contributed by atoms with E-state index in [4.69, 9.17) is 0 Å². The van der Waals surface area contributed by atoms with Crippen molar-refractivity contribution in [1.82, 2.24) is 15.2 Å². The lowest BCUT2D eigenvalue weighted by Crippen LogP contribution is -2.43. The predicted octanol–water partition coefficient (Wildman–Crippen LogP) is 2.63. The van der Waals surface area contributed by atoms with Crippen molar-refractivity contribution >= 4 is 11.8 Å². The molecule has 2 heterocycles. The van der Waals surface area contributed by atoms with Crippen molar-refractivity contribution in [1.29, 1.82) is 0 Å². The van der Waals surface area contributed by atoms with E-state index in [-0.39, 0.29) is 11.8 Å². The zero-order chi connectivity index (χ0) is 15.9. The molecule has 22 heavy (non-hydrogen) atoms. The number of carbonyl (C=O) groups excluding carboxylic acids is 2. The maximum Gasteiger partial charge on any atom is 0.255 e. The average Bonchev–Trinajstić information content (AvgIpc) is 2.59. The van der Waals surface area contributed by atoms with Crippen molar-refractivity contribution in [3.8, 4) is 0 Å². The largest absolute Gasteiger partial charge is 0.352 e. The van der Waals surface area contributed by atoms with Crippen molar-refractivity contribution in [3.63, 3.8) is 0 Å². The molecule has 1 N–H and O–H groups in total. The van der Waals surface area contributed by atoms with Crippen molar-refractivity contribution in [3.05, 3.63) is 29.6 Å². The summed E-state index contributed by atoms with van der Waals surface area (Å²) in [7, 11) is 0. The summed E-state index contributed by atoms with van der Waals surface area (Å²) in [6, 6.07) is 1.96. The van der Waals surface area contributed by atoms with Gasteiger partial charge in [0.15, 0.2) is 0 Å².